The first-order valence-corrected chi connectivity index (χ1v) is 6.93. The van der Waals surface area contributed by atoms with Gasteiger partial charge < -0.3 is 9.84 Å². The van der Waals surface area contributed by atoms with Crippen LogP contribution in [0.3, 0.4) is 0 Å². The maximum absolute atomic E-state index is 9.46. The van der Waals surface area contributed by atoms with E-state index in [9.17, 15) is 5.11 Å². The molecule has 1 aromatic carbocycles. The van der Waals surface area contributed by atoms with Crippen molar-refractivity contribution in [3.05, 3.63) is 57.3 Å². The van der Waals surface area contributed by atoms with Gasteiger partial charge >= 0.3 is 0 Å². The maximum atomic E-state index is 9.46. The Morgan fingerprint density at radius 1 is 1.37 bits per heavy atom. The lowest BCUT2D eigenvalue weighted by Gasteiger charge is -2.11. The van der Waals surface area contributed by atoms with Crippen LogP contribution >= 0.6 is 27.5 Å². The van der Waals surface area contributed by atoms with Gasteiger partial charge in [0.2, 0.25) is 0 Å². The fourth-order valence-electron chi connectivity index (χ4n) is 1.59. The first-order chi connectivity index (χ1) is 9.06. The highest BCUT2D eigenvalue weighted by Crippen LogP contribution is 2.28. The van der Waals surface area contributed by atoms with Crippen molar-refractivity contribution < 1.29 is 9.84 Å². The molecule has 0 aliphatic rings. The molecule has 100 valence electrons. The van der Waals surface area contributed by atoms with Gasteiger partial charge in [-0.2, -0.15) is 0 Å². The molecule has 0 aliphatic heterocycles. The second kappa shape index (κ2) is 6.37. The molecule has 0 aliphatic carbocycles. The Morgan fingerprint density at radius 2 is 2.16 bits per heavy atom. The zero-order valence-corrected chi connectivity index (χ0v) is 12.6. The van der Waals surface area contributed by atoms with Crippen molar-refractivity contribution in [3.8, 4) is 5.75 Å². The number of aliphatic hydroxyl groups excluding tert-OH is 1. The zero-order chi connectivity index (χ0) is 13.8. The van der Waals surface area contributed by atoms with Crippen LogP contribution in [0.4, 0.5) is 0 Å². The molecule has 1 heterocycles. The van der Waals surface area contributed by atoms with E-state index in [0.717, 1.165) is 15.6 Å². The van der Waals surface area contributed by atoms with Crippen molar-refractivity contribution in [1.29, 1.82) is 0 Å². The summed E-state index contributed by atoms with van der Waals surface area (Å²) in [5.41, 5.74) is 1.71. The lowest BCUT2D eigenvalue weighted by atomic mass is 10.1. The van der Waals surface area contributed by atoms with Gasteiger partial charge in [0.25, 0.3) is 0 Å². The number of pyridine rings is 1. The summed E-state index contributed by atoms with van der Waals surface area (Å²) in [6.07, 6.45) is 2.91. The minimum Gasteiger partial charge on any atom is -0.487 e. The van der Waals surface area contributed by atoms with Crippen LogP contribution in [0.5, 0.6) is 5.75 Å². The molecule has 0 unspecified atom stereocenters. The molecule has 0 radical (unpaired) electrons. The lowest BCUT2D eigenvalue weighted by Crippen LogP contribution is -1.98. The highest BCUT2D eigenvalue weighted by Gasteiger charge is 2.07. The average molecular weight is 343 g/mol. The highest BCUT2D eigenvalue weighted by molar-refractivity contribution is 9.10. The van der Waals surface area contributed by atoms with E-state index < -0.39 is 6.10 Å². The Labute approximate surface area is 125 Å². The molecule has 2 aromatic rings. The van der Waals surface area contributed by atoms with Crippen molar-refractivity contribution >= 4 is 27.5 Å². The number of aliphatic hydroxyl groups is 1. The third-order valence-electron chi connectivity index (χ3n) is 2.59. The largest absolute Gasteiger partial charge is 0.487 e. The predicted octanol–water partition coefficient (Wildman–Crippen LogP) is 4.13. The predicted molar refractivity (Wildman–Crippen MR) is 78.4 cm³/mol. The van der Waals surface area contributed by atoms with E-state index in [0.29, 0.717) is 17.4 Å². The summed E-state index contributed by atoms with van der Waals surface area (Å²) in [5.74, 6) is 0.589. The van der Waals surface area contributed by atoms with E-state index in [-0.39, 0.29) is 0 Å². The highest BCUT2D eigenvalue weighted by atomic mass is 79.9. The molecular formula is C14H13BrClNO2. The quantitative estimate of drug-likeness (QED) is 0.908. The number of halogens is 2. The number of hydrogen-bond acceptors (Lipinski definition) is 3. The van der Waals surface area contributed by atoms with Crippen molar-refractivity contribution in [2.45, 2.75) is 19.6 Å². The fourth-order valence-corrected chi connectivity index (χ4v) is 2.25. The van der Waals surface area contributed by atoms with Crippen LogP contribution in [0.15, 0.2) is 41.1 Å². The summed E-state index contributed by atoms with van der Waals surface area (Å²) in [6, 6.07) is 7.20. The Hall–Kier alpha value is -1.10. The molecule has 19 heavy (non-hydrogen) atoms. The third-order valence-corrected chi connectivity index (χ3v) is 3.32. The van der Waals surface area contributed by atoms with Crippen molar-refractivity contribution in [1.82, 2.24) is 4.98 Å². The minimum absolute atomic E-state index is 0.389. The molecule has 0 fully saturated rings. The second-order valence-electron chi connectivity index (χ2n) is 4.17. The van der Waals surface area contributed by atoms with Gasteiger partial charge in [-0.25, -0.2) is 0 Å². The summed E-state index contributed by atoms with van der Waals surface area (Å²) in [6.45, 7) is 2.08. The first kappa shape index (κ1) is 14.3. The summed E-state index contributed by atoms with van der Waals surface area (Å²) >= 11 is 9.47. The molecule has 2 rings (SSSR count). The van der Waals surface area contributed by atoms with Gasteiger partial charge in [0, 0.05) is 22.4 Å². The molecule has 5 heteroatoms. The van der Waals surface area contributed by atoms with Crippen LogP contribution in [-0.4, -0.2) is 10.1 Å². The van der Waals surface area contributed by atoms with Crippen LogP contribution in [0, 0.1) is 0 Å². The standard InChI is InChI=1S/C14H13BrClNO2/c1-9(18)11-2-3-14(13(16)5-11)19-8-10-4-12(15)7-17-6-10/h2-7,9,18H,8H2,1H3/t9-/m1/s1. The summed E-state index contributed by atoms with van der Waals surface area (Å²) in [7, 11) is 0. The van der Waals surface area contributed by atoms with Crippen molar-refractivity contribution in [3.63, 3.8) is 0 Å². The second-order valence-corrected chi connectivity index (χ2v) is 5.49. The van der Waals surface area contributed by atoms with Gasteiger partial charge in [0.1, 0.15) is 12.4 Å². The molecule has 0 saturated heterocycles. The number of nitrogens with zero attached hydrogens (tertiary/aromatic N) is 1. The van der Waals surface area contributed by atoms with E-state index in [1.165, 1.54) is 0 Å². The Morgan fingerprint density at radius 3 is 2.79 bits per heavy atom. The van der Waals surface area contributed by atoms with Gasteiger partial charge in [-0.3, -0.25) is 4.98 Å². The molecule has 1 aromatic heterocycles. The van der Waals surface area contributed by atoms with Crippen molar-refractivity contribution in [2.75, 3.05) is 0 Å². The first-order valence-electron chi connectivity index (χ1n) is 5.76. The van der Waals surface area contributed by atoms with E-state index in [1.54, 1.807) is 37.5 Å². The van der Waals surface area contributed by atoms with Gasteiger partial charge in [-0.1, -0.05) is 17.7 Å². The number of ether oxygens (including phenoxy) is 1. The number of aromatic nitrogens is 1. The van der Waals surface area contributed by atoms with Crippen molar-refractivity contribution in [2.24, 2.45) is 0 Å². The molecule has 1 N–H and O–H groups in total. The number of rotatable bonds is 4. The monoisotopic (exact) mass is 341 g/mol. The molecule has 0 amide bonds. The van der Waals surface area contributed by atoms with E-state index in [1.807, 2.05) is 6.07 Å². The van der Waals surface area contributed by atoms with Gasteiger partial charge in [0.15, 0.2) is 0 Å². The summed E-state index contributed by atoms with van der Waals surface area (Å²) in [5, 5.41) is 9.95. The molecule has 0 bridgehead atoms. The van der Waals surface area contributed by atoms with Crippen LogP contribution < -0.4 is 4.74 Å². The topological polar surface area (TPSA) is 42.4 Å². The summed E-state index contributed by atoms with van der Waals surface area (Å²) < 4.78 is 6.54. The molecule has 1 atom stereocenters. The van der Waals surface area contributed by atoms with Crippen LogP contribution in [-0.2, 0) is 6.61 Å². The van der Waals surface area contributed by atoms with Gasteiger partial charge in [0.05, 0.1) is 11.1 Å². The van der Waals surface area contributed by atoms with Gasteiger partial charge in [-0.15, -0.1) is 0 Å². The molecular weight excluding hydrogens is 330 g/mol. The Bertz CT molecular complexity index is 575. The average Bonchev–Trinajstić information content (AvgIpc) is 2.37. The number of benzene rings is 1. The van der Waals surface area contributed by atoms with Crippen LogP contribution in [0.25, 0.3) is 0 Å². The SMILES string of the molecule is C[C@@H](O)c1ccc(OCc2cncc(Br)c2)c(Cl)c1. The summed E-state index contributed by atoms with van der Waals surface area (Å²) in [4.78, 5) is 4.06. The lowest BCUT2D eigenvalue weighted by molar-refractivity contribution is 0.199. The maximum Gasteiger partial charge on any atom is 0.138 e. The molecule has 0 saturated carbocycles. The Kier molecular flexibility index (Phi) is 4.80. The van der Waals surface area contributed by atoms with Crippen LogP contribution in [0.1, 0.15) is 24.2 Å². The van der Waals surface area contributed by atoms with E-state index in [4.69, 9.17) is 16.3 Å². The van der Waals surface area contributed by atoms with E-state index >= 15 is 0 Å². The van der Waals surface area contributed by atoms with Crippen LogP contribution in [0.2, 0.25) is 5.02 Å². The van der Waals surface area contributed by atoms with E-state index in [2.05, 4.69) is 20.9 Å². The smallest absolute Gasteiger partial charge is 0.138 e. The molecule has 3 nitrogen and oxygen atoms in total. The molecule has 0 spiro atoms. The van der Waals surface area contributed by atoms with Gasteiger partial charge in [-0.05, 0) is 46.6 Å². The Balaban J connectivity index is 2.07. The number of hydrogen-bond donors (Lipinski definition) is 1. The third kappa shape index (κ3) is 3.93. The normalized spacial score (nSPS) is 12.2. The minimum atomic E-state index is -0.541. The fraction of sp³-hybridized carbons (Fsp3) is 0.214. The zero-order valence-electron chi connectivity index (χ0n) is 10.3.